The van der Waals surface area contributed by atoms with Crippen molar-refractivity contribution in [3.05, 3.63) is 41.3 Å². The van der Waals surface area contributed by atoms with Crippen LogP contribution in [0.25, 0.3) is 0 Å². The van der Waals surface area contributed by atoms with Gasteiger partial charge in [-0.2, -0.15) is 0 Å². The van der Waals surface area contributed by atoms with Crippen LogP contribution in [0.5, 0.6) is 0 Å². The van der Waals surface area contributed by atoms with Crippen molar-refractivity contribution >= 4 is 35.1 Å². The van der Waals surface area contributed by atoms with Gasteiger partial charge in [-0.15, -0.1) is 0 Å². The second kappa shape index (κ2) is 6.49. The van der Waals surface area contributed by atoms with E-state index in [9.17, 15) is 4.79 Å². The molecule has 0 saturated carbocycles. The number of carbonyl (C=O) groups is 1. The van der Waals surface area contributed by atoms with E-state index in [2.05, 4.69) is 20.3 Å². The highest BCUT2D eigenvalue weighted by atomic mass is 35.5. The maximum Gasteiger partial charge on any atom is 0.236 e. The number of rotatable bonds is 4. The minimum absolute atomic E-state index is 0.162. The Morgan fingerprint density at radius 2 is 2.21 bits per heavy atom. The minimum Gasteiger partial charge on any atom is -0.310 e. The Kier molecular flexibility index (Phi) is 4.70. The summed E-state index contributed by atoms with van der Waals surface area (Å²) in [5.41, 5.74) is 0.872. The van der Waals surface area contributed by atoms with E-state index in [4.69, 9.17) is 11.6 Å². The highest BCUT2D eigenvalue weighted by molar-refractivity contribution is 7.99. The van der Waals surface area contributed by atoms with Crippen molar-refractivity contribution in [2.45, 2.75) is 12.1 Å². The number of amides is 1. The molecule has 2 rings (SSSR count). The number of aromatic nitrogens is 3. The van der Waals surface area contributed by atoms with E-state index < -0.39 is 0 Å². The van der Waals surface area contributed by atoms with E-state index in [1.54, 1.807) is 18.3 Å². The molecule has 0 aromatic carbocycles. The Labute approximate surface area is 119 Å². The molecule has 0 atom stereocenters. The van der Waals surface area contributed by atoms with Gasteiger partial charge >= 0.3 is 0 Å². The summed E-state index contributed by atoms with van der Waals surface area (Å²) < 4.78 is 0. The van der Waals surface area contributed by atoms with Crippen LogP contribution >= 0.6 is 23.4 Å². The van der Waals surface area contributed by atoms with E-state index in [-0.39, 0.29) is 11.7 Å². The van der Waals surface area contributed by atoms with Crippen molar-refractivity contribution in [1.29, 1.82) is 0 Å². The number of anilines is 1. The van der Waals surface area contributed by atoms with Gasteiger partial charge in [0, 0.05) is 18.1 Å². The van der Waals surface area contributed by atoms with Crippen LogP contribution in [0.15, 0.2) is 35.7 Å². The molecule has 1 amide bonds. The van der Waals surface area contributed by atoms with Gasteiger partial charge < -0.3 is 5.32 Å². The number of nitrogens with zero attached hydrogens (tertiary/aromatic N) is 3. The summed E-state index contributed by atoms with van der Waals surface area (Å²) in [5, 5.41) is 3.78. The molecule has 0 unspecified atom stereocenters. The number of hydrogen-bond acceptors (Lipinski definition) is 5. The summed E-state index contributed by atoms with van der Waals surface area (Å²) in [6.45, 7) is 1.88. The molecule has 98 valence electrons. The topological polar surface area (TPSA) is 67.8 Å². The Morgan fingerprint density at radius 1 is 1.37 bits per heavy atom. The van der Waals surface area contributed by atoms with Crippen molar-refractivity contribution in [2.24, 2.45) is 0 Å². The molecule has 2 aromatic heterocycles. The molecule has 0 aliphatic carbocycles. The van der Waals surface area contributed by atoms with Crippen LogP contribution < -0.4 is 5.32 Å². The zero-order valence-electron chi connectivity index (χ0n) is 10.1. The zero-order valence-corrected chi connectivity index (χ0v) is 11.7. The number of nitrogens with one attached hydrogen (secondary N) is 1. The standard InChI is InChI=1S/C12H11ClN4OS/c1-8-4-5-14-12(16-8)19-7-11(18)17-10-3-2-9(13)6-15-10/h2-6H,7H2,1H3,(H,15,17,18). The van der Waals surface area contributed by atoms with E-state index in [1.807, 2.05) is 13.0 Å². The van der Waals surface area contributed by atoms with E-state index in [0.29, 0.717) is 16.0 Å². The Morgan fingerprint density at radius 3 is 2.89 bits per heavy atom. The van der Waals surface area contributed by atoms with E-state index in [1.165, 1.54) is 18.0 Å². The highest BCUT2D eigenvalue weighted by Gasteiger charge is 2.06. The number of halogens is 1. The summed E-state index contributed by atoms with van der Waals surface area (Å²) in [4.78, 5) is 23.9. The fraction of sp³-hybridized carbons (Fsp3) is 0.167. The van der Waals surface area contributed by atoms with Gasteiger partial charge in [0.2, 0.25) is 5.91 Å². The Bertz CT molecular complexity index is 576. The van der Waals surface area contributed by atoms with Crippen LogP contribution in [0, 0.1) is 6.92 Å². The third-order valence-corrected chi connectivity index (χ3v) is 3.18. The van der Waals surface area contributed by atoms with Crippen molar-refractivity contribution in [3.63, 3.8) is 0 Å². The number of thioether (sulfide) groups is 1. The largest absolute Gasteiger partial charge is 0.310 e. The van der Waals surface area contributed by atoms with E-state index >= 15 is 0 Å². The highest BCUT2D eigenvalue weighted by Crippen LogP contribution is 2.13. The average molecular weight is 295 g/mol. The molecule has 1 N–H and O–H groups in total. The predicted molar refractivity (Wildman–Crippen MR) is 75.4 cm³/mol. The molecule has 5 nitrogen and oxygen atoms in total. The second-order valence-electron chi connectivity index (χ2n) is 3.68. The van der Waals surface area contributed by atoms with Gasteiger partial charge in [0.05, 0.1) is 10.8 Å². The maximum absolute atomic E-state index is 11.7. The van der Waals surface area contributed by atoms with Gasteiger partial charge in [-0.3, -0.25) is 4.79 Å². The fourth-order valence-electron chi connectivity index (χ4n) is 1.25. The Hall–Kier alpha value is -1.66. The lowest BCUT2D eigenvalue weighted by molar-refractivity contribution is -0.113. The van der Waals surface area contributed by atoms with Gasteiger partial charge in [-0.05, 0) is 25.1 Å². The van der Waals surface area contributed by atoms with Gasteiger partial charge in [0.25, 0.3) is 0 Å². The van der Waals surface area contributed by atoms with Crippen molar-refractivity contribution < 1.29 is 4.79 Å². The molecule has 0 fully saturated rings. The monoisotopic (exact) mass is 294 g/mol. The lowest BCUT2D eigenvalue weighted by atomic mass is 10.4. The van der Waals surface area contributed by atoms with Gasteiger partial charge in [0.15, 0.2) is 5.16 Å². The first-order valence-corrected chi connectivity index (χ1v) is 6.84. The molecule has 0 aliphatic rings. The van der Waals surface area contributed by atoms with Crippen molar-refractivity contribution in [3.8, 4) is 0 Å². The summed E-state index contributed by atoms with van der Waals surface area (Å²) in [6, 6.07) is 5.12. The van der Waals surface area contributed by atoms with Gasteiger partial charge in [-0.1, -0.05) is 23.4 Å². The molecular formula is C12H11ClN4OS. The molecule has 0 radical (unpaired) electrons. The molecule has 2 heterocycles. The molecule has 7 heteroatoms. The molecule has 0 saturated heterocycles. The molecule has 19 heavy (non-hydrogen) atoms. The molecule has 0 bridgehead atoms. The molecule has 0 spiro atoms. The van der Waals surface area contributed by atoms with Crippen LogP contribution in [0.3, 0.4) is 0 Å². The quantitative estimate of drug-likeness (QED) is 0.693. The fourth-order valence-corrected chi connectivity index (χ4v) is 2.04. The van der Waals surface area contributed by atoms with Gasteiger partial charge in [-0.25, -0.2) is 15.0 Å². The molecule has 2 aromatic rings. The van der Waals surface area contributed by atoms with E-state index in [0.717, 1.165) is 5.69 Å². The second-order valence-corrected chi connectivity index (χ2v) is 5.06. The summed E-state index contributed by atoms with van der Waals surface area (Å²) in [7, 11) is 0. The zero-order chi connectivity index (χ0) is 13.7. The number of hydrogen-bond donors (Lipinski definition) is 1. The lowest BCUT2D eigenvalue weighted by Crippen LogP contribution is -2.15. The SMILES string of the molecule is Cc1ccnc(SCC(=O)Nc2ccc(Cl)cn2)n1. The van der Waals surface area contributed by atoms with Gasteiger partial charge in [0.1, 0.15) is 5.82 Å². The average Bonchev–Trinajstić information content (AvgIpc) is 2.39. The maximum atomic E-state index is 11.7. The van der Waals surface area contributed by atoms with Crippen LogP contribution in [-0.2, 0) is 4.79 Å². The smallest absolute Gasteiger partial charge is 0.236 e. The lowest BCUT2D eigenvalue weighted by Gasteiger charge is -2.03. The number of pyridine rings is 1. The summed E-state index contributed by atoms with van der Waals surface area (Å²) in [6.07, 6.45) is 3.15. The first-order valence-electron chi connectivity index (χ1n) is 5.47. The van der Waals surface area contributed by atoms with Crippen LogP contribution in [0.1, 0.15) is 5.69 Å². The first kappa shape index (κ1) is 13.8. The third-order valence-electron chi connectivity index (χ3n) is 2.10. The van der Waals surface area contributed by atoms with Crippen LogP contribution in [-0.4, -0.2) is 26.6 Å². The minimum atomic E-state index is -0.162. The van der Waals surface area contributed by atoms with Crippen LogP contribution in [0.2, 0.25) is 5.02 Å². The third kappa shape index (κ3) is 4.50. The Balaban J connectivity index is 1.86. The summed E-state index contributed by atoms with van der Waals surface area (Å²) >= 11 is 6.99. The van der Waals surface area contributed by atoms with Crippen LogP contribution in [0.4, 0.5) is 5.82 Å². The van der Waals surface area contributed by atoms with Crippen molar-refractivity contribution in [1.82, 2.24) is 15.0 Å². The number of aryl methyl sites for hydroxylation is 1. The predicted octanol–water partition coefficient (Wildman–Crippen LogP) is 2.56. The van der Waals surface area contributed by atoms with Crippen molar-refractivity contribution in [2.75, 3.05) is 11.1 Å². The molecule has 0 aliphatic heterocycles. The summed E-state index contributed by atoms with van der Waals surface area (Å²) in [5.74, 6) is 0.540. The normalized spacial score (nSPS) is 10.2. The first-order chi connectivity index (χ1) is 9.13. The molecular weight excluding hydrogens is 284 g/mol. The number of carbonyl (C=O) groups excluding carboxylic acids is 1.